The van der Waals surface area contributed by atoms with E-state index in [1.54, 1.807) is 12.1 Å². The number of alkyl halides is 3. The Morgan fingerprint density at radius 1 is 1.11 bits per heavy atom. The van der Waals surface area contributed by atoms with Crippen molar-refractivity contribution in [2.45, 2.75) is 30.3 Å². The molecule has 146 valence electrons. The van der Waals surface area contributed by atoms with Crippen molar-refractivity contribution in [3.63, 3.8) is 0 Å². The van der Waals surface area contributed by atoms with E-state index in [1.165, 1.54) is 24.4 Å². The van der Waals surface area contributed by atoms with Crippen LogP contribution in [0.2, 0.25) is 0 Å². The fourth-order valence-corrected chi connectivity index (χ4v) is 4.81. The highest BCUT2D eigenvalue weighted by Crippen LogP contribution is 2.49. The van der Waals surface area contributed by atoms with Crippen molar-refractivity contribution in [2.75, 3.05) is 0 Å². The Labute approximate surface area is 159 Å². The van der Waals surface area contributed by atoms with Crippen molar-refractivity contribution < 1.29 is 26.4 Å². The topological polar surface area (TPSA) is 56.1 Å². The Kier molecular flexibility index (Phi) is 4.15. The number of nitrogens with zero attached hydrogens (tertiary/aromatic N) is 1. The van der Waals surface area contributed by atoms with Crippen LogP contribution in [-0.4, -0.2) is 18.7 Å². The van der Waals surface area contributed by atoms with Gasteiger partial charge >= 0.3 is 6.18 Å². The van der Waals surface area contributed by atoms with E-state index in [-0.39, 0.29) is 22.2 Å². The molecule has 0 amide bonds. The van der Waals surface area contributed by atoms with Gasteiger partial charge in [0.25, 0.3) is 10.0 Å². The number of aryl methyl sites for hydroxylation is 1. The van der Waals surface area contributed by atoms with Crippen molar-refractivity contribution in [3.05, 3.63) is 65.4 Å². The lowest BCUT2D eigenvalue weighted by Crippen LogP contribution is -2.12. The number of aromatic nitrogens is 1. The van der Waals surface area contributed by atoms with E-state index in [4.69, 9.17) is 0 Å². The largest absolute Gasteiger partial charge is 0.416 e. The minimum atomic E-state index is -4.60. The zero-order valence-corrected chi connectivity index (χ0v) is 15.6. The number of halogens is 3. The van der Waals surface area contributed by atoms with Crippen LogP contribution in [0.4, 0.5) is 13.2 Å². The second-order valence-corrected chi connectivity index (χ2v) is 8.89. The number of aldehydes is 1. The molecule has 0 bridgehead atoms. The molecule has 8 heteroatoms. The van der Waals surface area contributed by atoms with Crippen LogP contribution >= 0.6 is 0 Å². The van der Waals surface area contributed by atoms with Crippen LogP contribution in [-0.2, 0) is 21.0 Å². The predicted molar refractivity (Wildman–Crippen MR) is 97.6 cm³/mol. The Balaban J connectivity index is 1.96. The molecule has 2 aromatic carbocycles. The van der Waals surface area contributed by atoms with Gasteiger partial charge in [-0.3, -0.25) is 0 Å². The maximum atomic E-state index is 13.2. The van der Waals surface area contributed by atoms with E-state index >= 15 is 0 Å². The lowest BCUT2D eigenvalue weighted by Gasteiger charge is -2.10. The molecule has 2 atom stereocenters. The molecule has 0 saturated heterocycles. The van der Waals surface area contributed by atoms with Gasteiger partial charge in [0.15, 0.2) is 0 Å². The molecule has 3 aromatic rings. The average Bonchev–Trinajstić information content (AvgIpc) is 3.32. The van der Waals surface area contributed by atoms with Gasteiger partial charge in [0.05, 0.1) is 16.0 Å². The molecule has 1 aliphatic rings. The van der Waals surface area contributed by atoms with Gasteiger partial charge in [-0.2, -0.15) is 13.2 Å². The molecule has 2 unspecified atom stereocenters. The van der Waals surface area contributed by atoms with Crippen molar-refractivity contribution in [2.24, 2.45) is 5.92 Å². The number of carbonyl (C=O) groups excluding carboxylic acids is 1. The van der Waals surface area contributed by atoms with Crippen LogP contribution in [0.15, 0.2) is 53.6 Å². The Morgan fingerprint density at radius 3 is 2.36 bits per heavy atom. The summed E-state index contributed by atoms with van der Waals surface area (Å²) in [6.07, 6.45) is -1.88. The fourth-order valence-electron chi connectivity index (χ4n) is 3.44. The van der Waals surface area contributed by atoms with E-state index in [0.717, 1.165) is 28.0 Å². The van der Waals surface area contributed by atoms with Gasteiger partial charge in [-0.05, 0) is 49.1 Å². The Morgan fingerprint density at radius 2 is 1.79 bits per heavy atom. The van der Waals surface area contributed by atoms with E-state index in [0.29, 0.717) is 17.4 Å². The van der Waals surface area contributed by atoms with Crippen LogP contribution in [0.1, 0.15) is 29.0 Å². The van der Waals surface area contributed by atoms with Crippen LogP contribution in [0, 0.1) is 12.8 Å². The van der Waals surface area contributed by atoms with Gasteiger partial charge in [-0.1, -0.05) is 23.8 Å². The SMILES string of the molecule is Cc1ccc(S(=O)(=O)n2cc(C3CC3C=O)c3ccc(C(F)(F)F)cc32)cc1. The third kappa shape index (κ3) is 3.01. The lowest BCUT2D eigenvalue weighted by molar-refractivity contribution is -0.137. The van der Waals surface area contributed by atoms with Crippen LogP contribution in [0.3, 0.4) is 0 Å². The third-order valence-corrected chi connectivity index (χ3v) is 6.81. The van der Waals surface area contributed by atoms with Crippen molar-refractivity contribution in [1.82, 2.24) is 3.97 Å². The van der Waals surface area contributed by atoms with E-state index in [9.17, 15) is 26.4 Å². The van der Waals surface area contributed by atoms with Crippen LogP contribution in [0.25, 0.3) is 10.9 Å². The molecular weight excluding hydrogens is 391 g/mol. The molecule has 4 rings (SSSR count). The molecule has 0 N–H and O–H groups in total. The zero-order chi connectivity index (χ0) is 20.3. The van der Waals surface area contributed by atoms with E-state index in [2.05, 4.69) is 0 Å². The highest BCUT2D eigenvalue weighted by Gasteiger charge is 2.41. The first-order chi connectivity index (χ1) is 13.1. The molecule has 4 nitrogen and oxygen atoms in total. The number of fused-ring (bicyclic) bond motifs is 1. The minimum absolute atomic E-state index is 0.0123. The Bertz CT molecular complexity index is 1180. The quantitative estimate of drug-likeness (QED) is 0.598. The highest BCUT2D eigenvalue weighted by atomic mass is 32.2. The number of hydrogen-bond donors (Lipinski definition) is 0. The second kappa shape index (κ2) is 6.20. The van der Waals surface area contributed by atoms with Crippen molar-refractivity contribution in [3.8, 4) is 0 Å². The first-order valence-electron chi connectivity index (χ1n) is 8.62. The number of benzene rings is 2. The standard InChI is InChI=1S/C20H16F3NO3S/c1-12-2-5-15(6-3-12)28(26,27)24-10-18(17-8-13(17)11-25)16-7-4-14(9-19(16)24)20(21,22)23/h2-7,9-11,13,17H,8H2,1H3. The molecule has 1 heterocycles. The average molecular weight is 407 g/mol. The molecule has 28 heavy (non-hydrogen) atoms. The molecule has 0 aliphatic heterocycles. The van der Waals surface area contributed by atoms with Crippen LogP contribution in [0.5, 0.6) is 0 Å². The summed E-state index contributed by atoms with van der Waals surface area (Å²) in [5, 5.41) is 0.415. The summed E-state index contributed by atoms with van der Waals surface area (Å²) >= 11 is 0. The van der Waals surface area contributed by atoms with E-state index in [1.807, 2.05) is 6.92 Å². The third-order valence-electron chi connectivity index (χ3n) is 5.12. The monoisotopic (exact) mass is 407 g/mol. The second-order valence-electron chi connectivity index (χ2n) is 7.07. The summed E-state index contributed by atoms with van der Waals surface area (Å²) in [6.45, 7) is 1.81. The number of carbonyl (C=O) groups is 1. The maximum absolute atomic E-state index is 13.2. The highest BCUT2D eigenvalue weighted by molar-refractivity contribution is 7.90. The summed E-state index contributed by atoms with van der Waals surface area (Å²) in [5.74, 6) is -0.408. The molecule has 1 aromatic heterocycles. The van der Waals surface area contributed by atoms with Gasteiger partial charge in [-0.15, -0.1) is 0 Å². The van der Waals surface area contributed by atoms with Gasteiger partial charge in [0.2, 0.25) is 0 Å². The lowest BCUT2D eigenvalue weighted by atomic mass is 10.1. The van der Waals surface area contributed by atoms with Gasteiger partial charge < -0.3 is 4.79 Å². The first-order valence-corrected chi connectivity index (χ1v) is 10.1. The smallest absolute Gasteiger partial charge is 0.303 e. The first kappa shape index (κ1) is 18.7. The fraction of sp³-hybridized carbons (Fsp3) is 0.250. The summed E-state index contributed by atoms with van der Waals surface area (Å²) in [7, 11) is -4.09. The molecule has 1 aliphatic carbocycles. The predicted octanol–water partition coefficient (Wildman–Crippen LogP) is 4.51. The van der Waals surface area contributed by atoms with Crippen molar-refractivity contribution >= 4 is 27.2 Å². The zero-order valence-electron chi connectivity index (χ0n) is 14.8. The summed E-state index contributed by atoms with van der Waals surface area (Å²) in [4.78, 5) is 11.0. The van der Waals surface area contributed by atoms with Gasteiger partial charge in [0.1, 0.15) is 6.29 Å². The van der Waals surface area contributed by atoms with E-state index < -0.39 is 21.8 Å². The van der Waals surface area contributed by atoms with Gasteiger partial charge in [0, 0.05) is 17.5 Å². The molecule has 1 saturated carbocycles. The Hall–Kier alpha value is -2.61. The molecule has 0 spiro atoms. The summed E-state index contributed by atoms with van der Waals surface area (Å²) in [6, 6.07) is 9.18. The summed E-state index contributed by atoms with van der Waals surface area (Å²) in [5.41, 5.74) is 0.481. The molecule has 1 fully saturated rings. The summed E-state index contributed by atoms with van der Waals surface area (Å²) < 4.78 is 66.8. The number of hydrogen-bond acceptors (Lipinski definition) is 3. The van der Waals surface area contributed by atoms with Crippen LogP contribution < -0.4 is 0 Å². The maximum Gasteiger partial charge on any atom is 0.416 e. The van der Waals surface area contributed by atoms with Crippen molar-refractivity contribution in [1.29, 1.82) is 0 Å². The number of rotatable bonds is 4. The molecule has 0 radical (unpaired) electrons. The normalized spacial score (nSPS) is 19.7. The minimum Gasteiger partial charge on any atom is -0.303 e. The van der Waals surface area contributed by atoms with Gasteiger partial charge in [-0.25, -0.2) is 12.4 Å². The molecular formula is C20H16F3NO3S.